The lowest BCUT2D eigenvalue weighted by atomic mass is 9.99. The molecule has 7 nitrogen and oxygen atoms in total. The van der Waals surface area contributed by atoms with E-state index in [0.29, 0.717) is 23.9 Å². The summed E-state index contributed by atoms with van der Waals surface area (Å²) in [6.45, 7) is 5.94. The summed E-state index contributed by atoms with van der Waals surface area (Å²) in [5.74, 6) is -4.69. The summed E-state index contributed by atoms with van der Waals surface area (Å²) in [5, 5.41) is 31.6. The zero-order chi connectivity index (χ0) is 26.9. The Morgan fingerprint density at radius 3 is 2.28 bits per heavy atom. The van der Waals surface area contributed by atoms with Gasteiger partial charge in [-0.25, -0.2) is 0 Å². The number of pyridine rings is 1. The van der Waals surface area contributed by atoms with Crippen LogP contribution in [0.4, 0.5) is 14.5 Å². The molecule has 192 valence electrons. The fourth-order valence-electron chi connectivity index (χ4n) is 3.07. The number of aromatic hydroxyl groups is 1. The quantitative estimate of drug-likeness (QED) is 0.282. The average molecular weight is 499 g/mol. The number of benzene rings is 2. The maximum Gasteiger partial charge on any atom is 0.321 e. The van der Waals surface area contributed by atoms with E-state index in [-0.39, 0.29) is 12.3 Å². The lowest BCUT2D eigenvalue weighted by Gasteiger charge is -2.19. The largest absolute Gasteiger partial charge is 0.506 e. The van der Waals surface area contributed by atoms with Gasteiger partial charge >= 0.3 is 5.92 Å². The molecule has 0 radical (unpaired) electrons. The minimum atomic E-state index is -3.42. The molecule has 3 aromatic rings. The molecule has 36 heavy (non-hydrogen) atoms. The number of aromatic nitrogens is 1. The zero-order valence-corrected chi connectivity index (χ0v) is 20.7. The zero-order valence-electron chi connectivity index (χ0n) is 20.7. The van der Waals surface area contributed by atoms with Crippen molar-refractivity contribution in [2.75, 3.05) is 11.9 Å². The molecule has 1 heterocycles. The Labute approximate surface area is 209 Å². The van der Waals surface area contributed by atoms with Crippen LogP contribution in [0.1, 0.15) is 38.8 Å². The number of anilines is 1. The van der Waals surface area contributed by atoms with Crippen molar-refractivity contribution in [3.8, 4) is 17.0 Å². The maximum atomic E-state index is 12.9. The highest BCUT2D eigenvalue weighted by Crippen LogP contribution is 2.24. The fourth-order valence-corrected chi connectivity index (χ4v) is 3.07. The molecule has 9 heteroatoms. The number of hydrogen-bond donors (Lipinski definition) is 5. The van der Waals surface area contributed by atoms with Crippen LogP contribution in [0.2, 0.25) is 0 Å². The fraction of sp³-hybridized carbons (Fsp3) is 0.296. The molecule has 0 saturated carbocycles. The number of aliphatic hydroxyl groups is 1. The number of nitrogens with zero attached hydrogens (tertiary/aromatic N) is 1. The van der Waals surface area contributed by atoms with Crippen molar-refractivity contribution in [3.63, 3.8) is 0 Å². The minimum Gasteiger partial charge on any atom is -0.506 e. The summed E-state index contributed by atoms with van der Waals surface area (Å²) >= 11 is 0. The molecule has 0 bridgehead atoms. The molecule has 1 atom stereocenters. The van der Waals surface area contributed by atoms with Gasteiger partial charge < -0.3 is 26.3 Å². The molecule has 5 N–H and O–H groups in total. The molecule has 0 aliphatic heterocycles. The SMILES string of the molecule is CC(C)(O)c1ccccc1.CC(CNc1ccc(-c2ccc(O)cn2)cc1C=N)NC(=O)C(C)(F)F. The summed E-state index contributed by atoms with van der Waals surface area (Å²) in [6, 6.07) is 17.6. The standard InChI is InChI=1S/C18H20F2N4O2.C9H12O/c1-11(24-17(26)18(2,19)20)9-22-16-5-3-12(7-13(16)8-21)15-6-4-14(25)10-23-15;1-9(2,10)8-6-4-3-5-7-8/h3-8,10-11,21-22,25H,9H2,1-2H3,(H,24,26);3-7,10H,1-2H3. The molecule has 0 fully saturated rings. The number of rotatable bonds is 8. The lowest BCUT2D eigenvalue weighted by molar-refractivity contribution is -0.143. The Balaban J connectivity index is 0.000000380. The summed E-state index contributed by atoms with van der Waals surface area (Å²) in [6.07, 6.45) is 2.50. The van der Waals surface area contributed by atoms with Gasteiger partial charge in [0.2, 0.25) is 0 Å². The van der Waals surface area contributed by atoms with E-state index in [1.165, 1.54) is 12.3 Å². The number of carbonyl (C=O) groups is 1. The lowest BCUT2D eigenvalue weighted by Crippen LogP contribution is -2.45. The number of alkyl halides is 2. The number of halogens is 2. The first kappa shape index (κ1) is 28.4. The first-order valence-electron chi connectivity index (χ1n) is 11.3. The molecule has 1 amide bonds. The van der Waals surface area contributed by atoms with Gasteiger partial charge in [-0.15, -0.1) is 0 Å². The predicted molar refractivity (Wildman–Crippen MR) is 138 cm³/mol. The number of nitrogens with one attached hydrogen (secondary N) is 3. The van der Waals surface area contributed by atoms with Crippen molar-refractivity contribution in [1.29, 1.82) is 5.41 Å². The summed E-state index contributed by atoms with van der Waals surface area (Å²) in [7, 11) is 0. The van der Waals surface area contributed by atoms with Crippen molar-refractivity contribution < 1.29 is 23.8 Å². The Kier molecular flexibility index (Phi) is 9.63. The van der Waals surface area contributed by atoms with Gasteiger partial charge in [-0.05, 0) is 50.6 Å². The average Bonchev–Trinajstić information content (AvgIpc) is 2.83. The number of amides is 1. The highest BCUT2D eigenvalue weighted by molar-refractivity contribution is 5.88. The topological polar surface area (TPSA) is 118 Å². The van der Waals surface area contributed by atoms with Crippen LogP contribution in [0.15, 0.2) is 66.9 Å². The first-order chi connectivity index (χ1) is 16.8. The van der Waals surface area contributed by atoms with E-state index in [1.54, 1.807) is 45.0 Å². The van der Waals surface area contributed by atoms with Crippen molar-refractivity contribution in [2.45, 2.75) is 45.3 Å². The third-order valence-corrected chi connectivity index (χ3v) is 5.11. The molecule has 1 aromatic heterocycles. The van der Waals surface area contributed by atoms with Gasteiger partial charge in [-0.3, -0.25) is 9.78 Å². The highest BCUT2D eigenvalue weighted by Gasteiger charge is 2.32. The van der Waals surface area contributed by atoms with Crippen LogP contribution in [0.3, 0.4) is 0 Å². The van der Waals surface area contributed by atoms with E-state index in [0.717, 1.165) is 17.3 Å². The van der Waals surface area contributed by atoms with Crippen molar-refractivity contribution >= 4 is 17.8 Å². The second-order valence-corrected chi connectivity index (χ2v) is 8.92. The van der Waals surface area contributed by atoms with Crippen LogP contribution in [0.25, 0.3) is 11.3 Å². The van der Waals surface area contributed by atoms with Crippen molar-refractivity contribution in [2.24, 2.45) is 0 Å². The Bertz CT molecular complexity index is 1140. The van der Waals surface area contributed by atoms with E-state index in [2.05, 4.69) is 15.6 Å². The molecule has 2 aromatic carbocycles. The maximum absolute atomic E-state index is 12.9. The molecule has 1 unspecified atom stereocenters. The normalized spacial score (nSPS) is 12.1. The molecule has 0 spiro atoms. The molecule has 0 saturated heterocycles. The minimum absolute atomic E-state index is 0.0630. The van der Waals surface area contributed by atoms with Gasteiger partial charge in [0.25, 0.3) is 5.91 Å². The van der Waals surface area contributed by atoms with Gasteiger partial charge in [0.1, 0.15) is 5.75 Å². The molecule has 3 rings (SSSR count). The predicted octanol–water partition coefficient (Wildman–Crippen LogP) is 4.94. The Morgan fingerprint density at radius 2 is 1.78 bits per heavy atom. The highest BCUT2D eigenvalue weighted by atomic mass is 19.3. The molecular weight excluding hydrogens is 466 g/mol. The van der Waals surface area contributed by atoms with Gasteiger partial charge in [0.15, 0.2) is 0 Å². The molecule has 0 aliphatic carbocycles. The summed E-state index contributed by atoms with van der Waals surface area (Å²) in [5.41, 5.74) is 2.87. The number of carbonyl (C=O) groups excluding carboxylic acids is 1. The van der Waals surface area contributed by atoms with Crippen LogP contribution in [-0.4, -0.2) is 45.8 Å². The van der Waals surface area contributed by atoms with Crippen molar-refractivity contribution in [3.05, 3.63) is 78.0 Å². The first-order valence-corrected chi connectivity index (χ1v) is 11.3. The summed E-state index contributed by atoms with van der Waals surface area (Å²) < 4.78 is 25.8. The van der Waals surface area contributed by atoms with Crippen LogP contribution in [-0.2, 0) is 10.4 Å². The monoisotopic (exact) mass is 498 g/mol. The third-order valence-electron chi connectivity index (χ3n) is 5.11. The second kappa shape index (κ2) is 12.2. The van der Waals surface area contributed by atoms with Gasteiger partial charge in [0.05, 0.1) is 17.5 Å². The molecule has 0 aliphatic rings. The Hall–Kier alpha value is -3.85. The van der Waals surface area contributed by atoms with Gasteiger partial charge in [-0.1, -0.05) is 36.4 Å². The van der Waals surface area contributed by atoms with Gasteiger partial charge in [0, 0.05) is 42.5 Å². The van der Waals surface area contributed by atoms with Crippen LogP contribution < -0.4 is 10.6 Å². The smallest absolute Gasteiger partial charge is 0.321 e. The van der Waals surface area contributed by atoms with E-state index in [4.69, 9.17) is 5.41 Å². The van der Waals surface area contributed by atoms with E-state index in [1.807, 2.05) is 30.3 Å². The Morgan fingerprint density at radius 1 is 1.11 bits per heavy atom. The van der Waals surface area contributed by atoms with E-state index in [9.17, 15) is 23.8 Å². The van der Waals surface area contributed by atoms with Crippen LogP contribution in [0, 0.1) is 5.41 Å². The van der Waals surface area contributed by atoms with E-state index < -0.39 is 23.5 Å². The third kappa shape index (κ3) is 8.74. The van der Waals surface area contributed by atoms with Crippen LogP contribution >= 0.6 is 0 Å². The second-order valence-electron chi connectivity index (χ2n) is 8.92. The molecular formula is C27H32F2N4O3. The van der Waals surface area contributed by atoms with Crippen LogP contribution in [0.5, 0.6) is 5.75 Å². The van der Waals surface area contributed by atoms with E-state index >= 15 is 0 Å². The van der Waals surface area contributed by atoms with Gasteiger partial charge in [-0.2, -0.15) is 8.78 Å². The number of hydrogen-bond acceptors (Lipinski definition) is 6. The van der Waals surface area contributed by atoms with Crippen molar-refractivity contribution in [1.82, 2.24) is 10.3 Å². The summed E-state index contributed by atoms with van der Waals surface area (Å²) in [4.78, 5) is 15.4.